The van der Waals surface area contributed by atoms with Crippen LogP contribution >= 0.6 is 0 Å². The van der Waals surface area contributed by atoms with Gasteiger partial charge in [-0.3, -0.25) is 9.59 Å². The predicted molar refractivity (Wildman–Crippen MR) is 114 cm³/mol. The third kappa shape index (κ3) is 3.31. The molecule has 1 aliphatic rings. The lowest BCUT2D eigenvalue weighted by atomic mass is 9.97. The summed E-state index contributed by atoms with van der Waals surface area (Å²) >= 11 is 0. The normalized spacial score (nSPS) is 16.0. The molecule has 0 unspecified atom stereocenters. The number of fused-ring (bicyclic) bond motifs is 2. The van der Waals surface area contributed by atoms with E-state index in [0.29, 0.717) is 29.5 Å². The Bertz CT molecular complexity index is 1200. The quantitative estimate of drug-likeness (QED) is 0.639. The minimum atomic E-state index is -0.793. The maximum atomic E-state index is 14.8. The summed E-state index contributed by atoms with van der Waals surface area (Å²) in [5.41, 5.74) is 2.59. The Balaban J connectivity index is 1.93. The number of amides is 1. The number of rotatable bonds is 5. The first-order valence-electron chi connectivity index (χ1n) is 10.1. The number of hydrogen-bond acceptors (Lipinski definition) is 4. The number of aryl methyl sites for hydroxylation is 2. The van der Waals surface area contributed by atoms with E-state index in [4.69, 9.17) is 4.42 Å². The summed E-state index contributed by atoms with van der Waals surface area (Å²) in [7, 11) is 3.91. The highest BCUT2D eigenvalue weighted by atomic mass is 19.1. The van der Waals surface area contributed by atoms with Gasteiger partial charge in [-0.25, -0.2) is 4.39 Å². The van der Waals surface area contributed by atoms with Crippen LogP contribution in [0.25, 0.3) is 11.0 Å². The van der Waals surface area contributed by atoms with Crippen LogP contribution < -0.4 is 5.43 Å². The van der Waals surface area contributed by atoms with Crippen molar-refractivity contribution in [3.63, 3.8) is 0 Å². The molecule has 0 N–H and O–H groups in total. The lowest BCUT2D eigenvalue weighted by Gasteiger charge is -2.26. The third-order valence-corrected chi connectivity index (χ3v) is 5.79. The summed E-state index contributed by atoms with van der Waals surface area (Å²) in [6.45, 7) is 5.02. The largest absolute Gasteiger partial charge is 0.450 e. The van der Waals surface area contributed by atoms with E-state index in [1.807, 2.05) is 32.8 Å². The van der Waals surface area contributed by atoms with E-state index in [-0.39, 0.29) is 22.7 Å². The van der Waals surface area contributed by atoms with Gasteiger partial charge >= 0.3 is 0 Å². The van der Waals surface area contributed by atoms with Crippen molar-refractivity contribution >= 4 is 16.9 Å². The number of benzene rings is 2. The fourth-order valence-corrected chi connectivity index (χ4v) is 4.08. The fraction of sp³-hybridized carbons (Fsp3) is 0.333. The second-order valence-corrected chi connectivity index (χ2v) is 8.19. The zero-order valence-electron chi connectivity index (χ0n) is 17.7. The second kappa shape index (κ2) is 7.69. The SMILES string of the molecule is Cc1cc2oc3c(c(=O)c2cc1C)[C@H](c1ccccc1F)N(CCCN(C)C)C3=O. The molecule has 1 aliphatic heterocycles. The zero-order valence-corrected chi connectivity index (χ0v) is 17.7. The summed E-state index contributed by atoms with van der Waals surface area (Å²) in [6, 6.07) is 9.08. The molecular formula is C24H25FN2O3. The van der Waals surface area contributed by atoms with Gasteiger partial charge in [0, 0.05) is 12.1 Å². The van der Waals surface area contributed by atoms with Gasteiger partial charge in [0.25, 0.3) is 5.91 Å². The highest BCUT2D eigenvalue weighted by molar-refractivity contribution is 5.99. The van der Waals surface area contributed by atoms with Gasteiger partial charge in [0.1, 0.15) is 11.4 Å². The maximum absolute atomic E-state index is 14.8. The molecule has 0 bridgehead atoms. The molecule has 156 valence electrons. The van der Waals surface area contributed by atoms with Crippen molar-refractivity contribution in [3.05, 3.63) is 80.5 Å². The lowest BCUT2D eigenvalue weighted by molar-refractivity contribution is 0.0720. The molecule has 1 amide bonds. The number of carbonyl (C=O) groups is 1. The van der Waals surface area contributed by atoms with Gasteiger partial charge in [0.2, 0.25) is 5.76 Å². The van der Waals surface area contributed by atoms with E-state index >= 15 is 0 Å². The molecule has 30 heavy (non-hydrogen) atoms. The number of carbonyl (C=O) groups excluding carboxylic acids is 1. The van der Waals surface area contributed by atoms with Gasteiger partial charge < -0.3 is 14.2 Å². The second-order valence-electron chi connectivity index (χ2n) is 8.19. The number of hydrogen-bond donors (Lipinski definition) is 0. The van der Waals surface area contributed by atoms with Gasteiger partial charge in [0.05, 0.1) is 17.0 Å². The van der Waals surface area contributed by atoms with Crippen molar-refractivity contribution in [2.24, 2.45) is 0 Å². The molecule has 0 saturated carbocycles. The molecular weight excluding hydrogens is 383 g/mol. The lowest BCUT2D eigenvalue weighted by Crippen LogP contribution is -2.32. The highest BCUT2D eigenvalue weighted by Gasteiger charge is 2.43. The molecule has 0 fully saturated rings. The van der Waals surface area contributed by atoms with Crippen molar-refractivity contribution in [1.29, 1.82) is 0 Å². The van der Waals surface area contributed by atoms with Crippen LogP contribution in [0.2, 0.25) is 0 Å². The zero-order chi connectivity index (χ0) is 21.6. The summed E-state index contributed by atoms with van der Waals surface area (Å²) in [6.07, 6.45) is 0.698. The van der Waals surface area contributed by atoms with Crippen LogP contribution in [0.3, 0.4) is 0 Å². The first-order chi connectivity index (χ1) is 14.3. The molecule has 0 radical (unpaired) electrons. The molecule has 6 heteroatoms. The minimum absolute atomic E-state index is 0.0221. The van der Waals surface area contributed by atoms with Gasteiger partial charge in [-0.05, 0) is 70.2 Å². The van der Waals surface area contributed by atoms with E-state index in [1.165, 1.54) is 6.07 Å². The smallest absolute Gasteiger partial charge is 0.290 e. The molecule has 2 heterocycles. The Hall–Kier alpha value is -2.99. The summed E-state index contributed by atoms with van der Waals surface area (Å²) in [5, 5.41) is 0.418. The van der Waals surface area contributed by atoms with E-state index in [1.54, 1.807) is 35.2 Å². The molecule has 1 aromatic heterocycles. The van der Waals surface area contributed by atoms with Gasteiger partial charge in [-0.15, -0.1) is 0 Å². The predicted octanol–water partition coefficient (Wildman–Crippen LogP) is 4.05. The van der Waals surface area contributed by atoms with E-state index in [0.717, 1.165) is 17.7 Å². The maximum Gasteiger partial charge on any atom is 0.290 e. The molecule has 0 spiro atoms. The minimum Gasteiger partial charge on any atom is -0.450 e. The van der Waals surface area contributed by atoms with Crippen molar-refractivity contribution in [2.75, 3.05) is 27.2 Å². The van der Waals surface area contributed by atoms with Crippen LogP contribution in [-0.2, 0) is 0 Å². The summed E-state index contributed by atoms with van der Waals surface area (Å²) < 4.78 is 20.7. The average molecular weight is 408 g/mol. The molecule has 0 aliphatic carbocycles. The van der Waals surface area contributed by atoms with Crippen molar-refractivity contribution in [3.8, 4) is 0 Å². The standard InChI is InChI=1S/C24H25FN2O3/c1-14-12-17-19(13-15(14)2)30-23-20(22(17)28)21(16-8-5-6-9-18(16)25)27(24(23)29)11-7-10-26(3)4/h5-6,8-9,12-13,21H,7,10-11H2,1-4H3/t21-/m0/s1. The topological polar surface area (TPSA) is 53.8 Å². The van der Waals surface area contributed by atoms with Gasteiger partial charge in [-0.1, -0.05) is 18.2 Å². The number of nitrogens with zero attached hydrogens (tertiary/aromatic N) is 2. The fourth-order valence-electron chi connectivity index (χ4n) is 4.08. The van der Waals surface area contributed by atoms with Crippen LogP contribution in [0.4, 0.5) is 4.39 Å². The Morgan fingerprint density at radius 2 is 1.80 bits per heavy atom. The van der Waals surface area contributed by atoms with Crippen LogP contribution in [0.5, 0.6) is 0 Å². The van der Waals surface area contributed by atoms with Crippen molar-refractivity contribution < 1.29 is 13.6 Å². The van der Waals surface area contributed by atoms with Crippen LogP contribution in [0.1, 0.15) is 45.3 Å². The van der Waals surface area contributed by atoms with Crippen LogP contribution in [-0.4, -0.2) is 42.9 Å². The molecule has 1 atom stereocenters. The number of halogens is 1. The third-order valence-electron chi connectivity index (χ3n) is 5.79. The Labute approximate surface area is 174 Å². The highest BCUT2D eigenvalue weighted by Crippen LogP contribution is 2.39. The molecule has 3 aromatic rings. The molecule has 4 rings (SSSR count). The van der Waals surface area contributed by atoms with Crippen LogP contribution in [0.15, 0.2) is 45.6 Å². The Morgan fingerprint density at radius 1 is 1.10 bits per heavy atom. The van der Waals surface area contributed by atoms with E-state index in [2.05, 4.69) is 0 Å². The first kappa shape index (κ1) is 20.3. The Kier molecular flexibility index (Phi) is 5.20. The van der Waals surface area contributed by atoms with Gasteiger partial charge in [0.15, 0.2) is 5.43 Å². The first-order valence-corrected chi connectivity index (χ1v) is 10.1. The van der Waals surface area contributed by atoms with Crippen LogP contribution in [0, 0.1) is 19.7 Å². The summed E-state index contributed by atoms with van der Waals surface area (Å²) in [4.78, 5) is 30.3. The Morgan fingerprint density at radius 3 is 2.50 bits per heavy atom. The summed E-state index contributed by atoms with van der Waals surface area (Å²) in [5.74, 6) is -0.788. The average Bonchev–Trinajstić information content (AvgIpc) is 2.96. The van der Waals surface area contributed by atoms with E-state index in [9.17, 15) is 14.0 Å². The monoisotopic (exact) mass is 408 g/mol. The van der Waals surface area contributed by atoms with Gasteiger partial charge in [-0.2, -0.15) is 0 Å². The van der Waals surface area contributed by atoms with E-state index < -0.39 is 11.9 Å². The molecule has 5 nitrogen and oxygen atoms in total. The molecule has 2 aromatic carbocycles. The van der Waals surface area contributed by atoms with Crippen molar-refractivity contribution in [1.82, 2.24) is 9.80 Å². The van der Waals surface area contributed by atoms with Crippen molar-refractivity contribution in [2.45, 2.75) is 26.3 Å². The molecule has 0 saturated heterocycles.